The van der Waals surface area contributed by atoms with Crippen LogP contribution < -0.4 is 0 Å². The standard InChI is InChI=1S/C13H7F2NS/c14-8-5-6-12-11(7-8)16-13(17-12)9-3-1-2-4-10(9)15/h1-7H. The van der Waals surface area contributed by atoms with Crippen LogP contribution in [0.5, 0.6) is 0 Å². The van der Waals surface area contributed by atoms with Crippen molar-refractivity contribution in [3.63, 3.8) is 0 Å². The largest absolute Gasteiger partial charge is 0.236 e. The molecule has 4 heteroatoms. The van der Waals surface area contributed by atoms with Crippen LogP contribution >= 0.6 is 11.3 Å². The van der Waals surface area contributed by atoms with Crippen LogP contribution in [-0.2, 0) is 0 Å². The van der Waals surface area contributed by atoms with Gasteiger partial charge in [-0.2, -0.15) is 0 Å². The Balaban J connectivity index is 2.22. The molecule has 17 heavy (non-hydrogen) atoms. The number of hydrogen-bond acceptors (Lipinski definition) is 2. The summed E-state index contributed by atoms with van der Waals surface area (Å²) >= 11 is 1.36. The van der Waals surface area contributed by atoms with Crippen LogP contribution in [0.4, 0.5) is 8.78 Å². The average molecular weight is 247 g/mol. The van der Waals surface area contributed by atoms with Crippen molar-refractivity contribution < 1.29 is 8.78 Å². The number of thiazole rings is 1. The summed E-state index contributed by atoms with van der Waals surface area (Å²) in [7, 11) is 0. The van der Waals surface area contributed by atoms with Crippen molar-refractivity contribution in [2.24, 2.45) is 0 Å². The minimum absolute atomic E-state index is 0.313. The van der Waals surface area contributed by atoms with Crippen LogP contribution in [0.2, 0.25) is 0 Å². The fraction of sp³-hybridized carbons (Fsp3) is 0. The molecule has 0 bridgehead atoms. The number of rotatable bonds is 1. The van der Waals surface area contributed by atoms with Crippen molar-refractivity contribution in [2.45, 2.75) is 0 Å². The molecule has 0 unspecified atom stereocenters. The minimum atomic E-state index is -0.331. The smallest absolute Gasteiger partial charge is 0.133 e. The molecule has 1 heterocycles. The molecule has 3 rings (SSSR count). The summed E-state index contributed by atoms with van der Waals surface area (Å²) in [5.41, 5.74) is 1.02. The Morgan fingerprint density at radius 1 is 1.00 bits per heavy atom. The first-order valence-corrected chi connectivity index (χ1v) is 5.87. The van der Waals surface area contributed by atoms with Crippen LogP contribution in [0.3, 0.4) is 0 Å². The van der Waals surface area contributed by atoms with Gasteiger partial charge < -0.3 is 0 Å². The maximum Gasteiger partial charge on any atom is 0.133 e. The van der Waals surface area contributed by atoms with E-state index in [-0.39, 0.29) is 11.6 Å². The fourth-order valence-corrected chi connectivity index (χ4v) is 2.62. The molecule has 0 N–H and O–H groups in total. The molecule has 0 amide bonds. The molecule has 1 aromatic heterocycles. The van der Waals surface area contributed by atoms with E-state index in [1.54, 1.807) is 24.3 Å². The Bertz CT molecular complexity index is 691. The summed E-state index contributed by atoms with van der Waals surface area (Å²) in [5, 5.41) is 0.573. The SMILES string of the molecule is Fc1ccc2sc(-c3ccccc3F)nc2c1. The Kier molecular flexibility index (Phi) is 2.37. The van der Waals surface area contributed by atoms with Gasteiger partial charge in [-0.25, -0.2) is 13.8 Å². The number of fused-ring (bicyclic) bond motifs is 1. The van der Waals surface area contributed by atoms with Crippen LogP contribution in [0.1, 0.15) is 0 Å². The molecular weight excluding hydrogens is 240 g/mol. The second kappa shape index (κ2) is 3.89. The third-order valence-electron chi connectivity index (χ3n) is 2.45. The highest BCUT2D eigenvalue weighted by Crippen LogP contribution is 2.31. The third-order valence-corrected chi connectivity index (χ3v) is 3.52. The van der Waals surface area contributed by atoms with Crippen LogP contribution in [0.15, 0.2) is 42.5 Å². The van der Waals surface area contributed by atoms with E-state index in [0.29, 0.717) is 16.1 Å². The molecule has 0 radical (unpaired) electrons. The van der Waals surface area contributed by atoms with Crippen molar-refractivity contribution in [1.82, 2.24) is 4.98 Å². The lowest BCUT2D eigenvalue weighted by atomic mass is 10.2. The first-order chi connectivity index (χ1) is 8.24. The molecule has 0 fully saturated rings. The van der Waals surface area contributed by atoms with Crippen molar-refractivity contribution in [3.8, 4) is 10.6 Å². The quantitative estimate of drug-likeness (QED) is 0.626. The zero-order chi connectivity index (χ0) is 11.8. The molecular formula is C13H7F2NS. The lowest BCUT2D eigenvalue weighted by Crippen LogP contribution is -1.81. The summed E-state index contributed by atoms with van der Waals surface area (Å²) in [4.78, 5) is 4.24. The van der Waals surface area contributed by atoms with Crippen molar-refractivity contribution in [3.05, 3.63) is 54.1 Å². The van der Waals surface area contributed by atoms with E-state index in [1.807, 2.05) is 0 Å². The summed E-state index contributed by atoms with van der Waals surface area (Å²) in [5.74, 6) is -0.644. The van der Waals surface area contributed by atoms with Crippen molar-refractivity contribution >= 4 is 21.6 Å². The predicted octanol–water partition coefficient (Wildman–Crippen LogP) is 4.24. The molecule has 0 saturated heterocycles. The van der Waals surface area contributed by atoms with E-state index < -0.39 is 0 Å². The number of aromatic nitrogens is 1. The first kappa shape index (κ1) is 10.4. The van der Waals surface area contributed by atoms with E-state index in [2.05, 4.69) is 4.98 Å². The van der Waals surface area contributed by atoms with Crippen LogP contribution in [-0.4, -0.2) is 4.98 Å². The van der Waals surface area contributed by atoms with Gasteiger partial charge in [0, 0.05) is 11.6 Å². The molecule has 0 spiro atoms. The maximum absolute atomic E-state index is 13.6. The Hall–Kier alpha value is -1.81. The average Bonchev–Trinajstić information content (AvgIpc) is 2.72. The topological polar surface area (TPSA) is 12.9 Å². The summed E-state index contributed by atoms with van der Waals surface area (Å²) in [6, 6.07) is 10.8. The van der Waals surface area contributed by atoms with Gasteiger partial charge in [0.05, 0.1) is 10.2 Å². The molecule has 0 aliphatic heterocycles. The van der Waals surface area contributed by atoms with E-state index >= 15 is 0 Å². The van der Waals surface area contributed by atoms with Gasteiger partial charge in [0.25, 0.3) is 0 Å². The van der Waals surface area contributed by atoms with Crippen LogP contribution in [0.25, 0.3) is 20.8 Å². The molecule has 0 saturated carbocycles. The summed E-state index contributed by atoms with van der Waals surface area (Å²) in [6.07, 6.45) is 0. The van der Waals surface area contributed by atoms with Gasteiger partial charge >= 0.3 is 0 Å². The highest BCUT2D eigenvalue weighted by atomic mass is 32.1. The van der Waals surface area contributed by atoms with Gasteiger partial charge in [-0.05, 0) is 24.3 Å². The number of benzene rings is 2. The zero-order valence-corrected chi connectivity index (χ0v) is 9.47. The van der Waals surface area contributed by atoms with Crippen molar-refractivity contribution in [2.75, 3.05) is 0 Å². The molecule has 0 atom stereocenters. The lowest BCUT2D eigenvalue weighted by molar-refractivity contribution is 0.629. The number of hydrogen-bond donors (Lipinski definition) is 0. The number of halogens is 2. The van der Waals surface area contributed by atoms with E-state index in [0.717, 1.165) is 4.70 Å². The fourth-order valence-electron chi connectivity index (χ4n) is 1.65. The monoisotopic (exact) mass is 247 g/mol. The molecule has 2 aromatic carbocycles. The number of nitrogens with zero attached hydrogens (tertiary/aromatic N) is 1. The normalized spacial score (nSPS) is 10.9. The maximum atomic E-state index is 13.6. The van der Waals surface area contributed by atoms with Gasteiger partial charge in [-0.15, -0.1) is 11.3 Å². The summed E-state index contributed by atoms with van der Waals surface area (Å²) < 4.78 is 27.4. The summed E-state index contributed by atoms with van der Waals surface area (Å²) in [6.45, 7) is 0. The highest BCUT2D eigenvalue weighted by molar-refractivity contribution is 7.21. The van der Waals surface area contributed by atoms with Gasteiger partial charge in [-0.1, -0.05) is 12.1 Å². The Morgan fingerprint density at radius 2 is 1.82 bits per heavy atom. The van der Waals surface area contributed by atoms with E-state index in [4.69, 9.17) is 0 Å². The van der Waals surface area contributed by atoms with E-state index in [9.17, 15) is 8.78 Å². The lowest BCUT2D eigenvalue weighted by Gasteiger charge is -1.96. The molecule has 3 aromatic rings. The van der Waals surface area contributed by atoms with Gasteiger partial charge in [-0.3, -0.25) is 0 Å². The molecule has 1 nitrogen and oxygen atoms in total. The van der Waals surface area contributed by atoms with Gasteiger partial charge in [0.15, 0.2) is 0 Å². The Labute approximate surface area is 100 Å². The molecule has 0 aliphatic carbocycles. The molecule has 84 valence electrons. The second-order valence-electron chi connectivity index (χ2n) is 3.61. The second-order valence-corrected chi connectivity index (χ2v) is 4.64. The Morgan fingerprint density at radius 3 is 2.65 bits per heavy atom. The van der Waals surface area contributed by atoms with Crippen molar-refractivity contribution in [1.29, 1.82) is 0 Å². The third kappa shape index (κ3) is 1.80. The van der Waals surface area contributed by atoms with Gasteiger partial charge in [0.1, 0.15) is 16.6 Å². The van der Waals surface area contributed by atoms with Crippen LogP contribution in [0, 0.1) is 11.6 Å². The van der Waals surface area contributed by atoms with E-state index in [1.165, 1.54) is 29.5 Å². The highest BCUT2D eigenvalue weighted by Gasteiger charge is 2.10. The zero-order valence-electron chi connectivity index (χ0n) is 8.65. The first-order valence-electron chi connectivity index (χ1n) is 5.05. The predicted molar refractivity (Wildman–Crippen MR) is 65.0 cm³/mol. The van der Waals surface area contributed by atoms with Gasteiger partial charge in [0.2, 0.25) is 0 Å². The minimum Gasteiger partial charge on any atom is -0.236 e. The molecule has 0 aliphatic rings.